The standard InChI is InChI=1S/C13H22N2O2S/c1-9(2)7-18-8-12(16)14-11-6-10(17-15-11)13(3,4)5/h6,9H,7-8H2,1-5H3,(H,14,15,16). The van der Waals surface area contributed by atoms with Crippen LogP contribution in [0.3, 0.4) is 0 Å². The topological polar surface area (TPSA) is 55.1 Å². The summed E-state index contributed by atoms with van der Waals surface area (Å²) >= 11 is 1.63. The molecule has 0 aliphatic rings. The zero-order valence-corrected chi connectivity index (χ0v) is 12.6. The molecule has 0 fully saturated rings. The summed E-state index contributed by atoms with van der Waals surface area (Å²) in [7, 11) is 0. The molecule has 0 aliphatic heterocycles. The molecule has 4 nitrogen and oxygen atoms in total. The van der Waals surface area contributed by atoms with Gasteiger partial charge < -0.3 is 9.84 Å². The average molecular weight is 270 g/mol. The lowest BCUT2D eigenvalue weighted by Gasteiger charge is -2.12. The van der Waals surface area contributed by atoms with Gasteiger partial charge in [0.2, 0.25) is 5.91 Å². The lowest BCUT2D eigenvalue weighted by atomic mass is 9.93. The highest BCUT2D eigenvalue weighted by Crippen LogP contribution is 2.24. The maximum atomic E-state index is 11.6. The van der Waals surface area contributed by atoms with Crippen LogP contribution in [-0.4, -0.2) is 22.6 Å². The van der Waals surface area contributed by atoms with Crippen molar-refractivity contribution in [3.63, 3.8) is 0 Å². The number of anilines is 1. The van der Waals surface area contributed by atoms with Crippen LogP contribution in [0.4, 0.5) is 5.82 Å². The van der Waals surface area contributed by atoms with Crippen LogP contribution in [-0.2, 0) is 10.2 Å². The fourth-order valence-corrected chi connectivity index (χ4v) is 2.10. The highest BCUT2D eigenvalue weighted by atomic mass is 32.2. The number of thioether (sulfide) groups is 1. The Morgan fingerprint density at radius 2 is 2.17 bits per heavy atom. The summed E-state index contributed by atoms with van der Waals surface area (Å²) < 4.78 is 5.20. The molecule has 0 bridgehead atoms. The molecule has 18 heavy (non-hydrogen) atoms. The molecule has 0 saturated heterocycles. The maximum Gasteiger partial charge on any atom is 0.235 e. The van der Waals surface area contributed by atoms with Gasteiger partial charge in [0, 0.05) is 11.5 Å². The van der Waals surface area contributed by atoms with E-state index in [-0.39, 0.29) is 11.3 Å². The Morgan fingerprint density at radius 3 is 2.67 bits per heavy atom. The van der Waals surface area contributed by atoms with Gasteiger partial charge in [0.25, 0.3) is 0 Å². The van der Waals surface area contributed by atoms with Gasteiger partial charge in [0.05, 0.1) is 5.75 Å². The highest BCUT2D eigenvalue weighted by molar-refractivity contribution is 7.99. The van der Waals surface area contributed by atoms with Gasteiger partial charge in [-0.1, -0.05) is 39.8 Å². The van der Waals surface area contributed by atoms with Crippen molar-refractivity contribution in [1.29, 1.82) is 0 Å². The predicted molar refractivity (Wildman–Crippen MR) is 76.0 cm³/mol. The molecule has 5 heteroatoms. The van der Waals surface area contributed by atoms with Gasteiger partial charge >= 0.3 is 0 Å². The van der Waals surface area contributed by atoms with Crippen molar-refractivity contribution in [3.05, 3.63) is 11.8 Å². The number of nitrogens with one attached hydrogen (secondary N) is 1. The first-order valence-corrected chi connectivity index (χ1v) is 7.29. The van der Waals surface area contributed by atoms with Crippen molar-refractivity contribution in [2.75, 3.05) is 16.8 Å². The molecular weight excluding hydrogens is 248 g/mol. The fourth-order valence-electron chi connectivity index (χ4n) is 1.25. The number of amides is 1. The van der Waals surface area contributed by atoms with Gasteiger partial charge in [-0.05, 0) is 11.7 Å². The molecule has 0 spiro atoms. The quantitative estimate of drug-likeness (QED) is 0.892. The first-order chi connectivity index (χ1) is 8.29. The van der Waals surface area contributed by atoms with Crippen molar-refractivity contribution in [1.82, 2.24) is 5.16 Å². The van der Waals surface area contributed by atoms with Crippen LogP contribution in [0, 0.1) is 5.92 Å². The lowest BCUT2D eigenvalue weighted by Crippen LogP contribution is -2.15. The smallest absolute Gasteiger partial charge is 0.235 e. The zero-order valence-electron chi connectivity index (χ0n) is 11.7. The summed E-state index contributed by atoms with van der Waals surface area (Å²) in [6, 6.07) is 1.78. The van der Waals surface area contributed by atoms with E-state index < -0.39 is 0 Å². The summed E-state index contributed by atoms with van der Waals surface area (Å²) in [5.41, 5.74) is -0.0949. The Morgan fingerprint density at radius 1 is 1.50 bits per heavy atom. The molecule has 0 aromatic carbocycles. The van der Waals surface area contributed by atoms with Gasteiger partial charge in [-0.2, -0.15) is 11.8 Å². The summed E-state index contributed by atoms with van der Waals surface area (Å²) in [5, 5.41) is 6.59. The molecule has 1 N–H and O–H groups in total. The van der Waals surface area contributed by atoms with Crippen LogP contribution in [0.2, 0.25) is 0 Å². The molecule has 1 aromatic heterocycles. The normalized spacial score (nSPS) is 11.9. The van der Waals surface area contributed by atoms with Crippen molar-refractivity contribution in [2.45, 2.75) is 40.0 Å². The SMILES string of the molecule is CC(C)CSCC(=O)Nc1cc(C(C)(C)C)on1. The molecule has 1 heterocycles. The first-order valence-electron chi connectivity index (χ1n) is 6.14. The Balaban J connectivity index is 2.43. The average Bonchev–Trinajstić information content (AvgIpc) is 2.64. The van der Waals surface area contributed by atoms with E-state index in [9.17, 15) is 4.79 Å². The number of nitrogens with zero attached hydrogens (tertiary/aromatic N) is 1. The highest BCUT2D eigenvalue weighted by Gasteiger charge is 2.20. The van der Waals surface area contributed by atoms with E-state index in [2.05, 4.69) is 24.3 Å². The second-order valence-electron chi connectivity index (χ2n) is 5.78. The molecule has 0 radical (unpaired) electrons. The van der Waals surface area contributed by atoms with Gasteiger partial charge in [-0.25, -0.2) is 0 Å². The molecule has 1 rings (SSSR count). The summed E-state index contributed by atoms with van der Waals surface area (Å²) in [4.78, 5) is 11.6. The van der Waals surface area contributed by atoms with E-state index in [0.717, 1.165) is 11.5 Å². The number of rotatable bonds is 5. The minimum Gasteiger partial charge on any atom is -0.359 e. The molecule has 0 saturated carbocycles. The summed E-state index contributed by atoms with van der Waals surface area (Å²) in [6.45, 7) is 10.4. The van der Waals surface area contributed by atoms with Crippen LogP contribution < -0.4 is 5.32 Å². The van der Waals surface area contributed by atoms with E-state index in [0.29, 0.717) is 17.5 Å². The minimum atomic E-state index is -0.0949. The second-order valence-corrected chi connectivity index (χ2v) is 6.81. The molecule has 1 amide bonds. The molecule has 1 aromatic rings. The lowest BCUT2D eigenvalue weighted by molar-refractivity contribution is -0.113. The van der Waals surface area contributed by atoms with Crippen LogP contribution in [0.5, 0.6) is 0 Å². The van der Waals surface area contributed by atoms with Gasteiger partial charge in [-0.3, -0.25) is 4.79 Å². The van der Waals surface area contributed by atoms with Crippen molar-refractivity contribution in [2.24, 2.45) is 5.92 Å². The Bertz CT molecular complexity index is 394. The van der Waals surface area contributed by atoms with E-state index in [1.165, 1.54) is 0 Å². The maximum absolute atomic E-state index is 11.6. The molecule has 102 valence electrons. The van der Waals surface area contributed by atoms with Crippen molar-refractivity contribution < 1.29 is 9.32 Å². The molecular formula is C13H22N2O2S. The third kappa shape index (κ3) is 5.12. The third-order valence-electron chi connectivity index (χ3n) is 2.20. The van der Waals surface area contributed by atoms with Crippen LogP contribution >= 0.6 is 11.8 Å². The van der Waals surface area contributed by atoms with Crippen LogP contribution in [0.25, 0.3) is 0 Å². The van der Waals surface area contributed by atoms with E-state index in [1.807, 2.05) is 20.8 Å². The number of carbonyl (C=O) groups excluding carboxylic acids is 1. The second kappa shape index (κ2) is 6.27. The first kappa shape index (κ1) is 15.1. The Labute approximate surface area is 113 Å². The van der Waals surface area contributed by atoms with Gasteiger partial charge in [0.1, 0.15) is 5.76 Å². The molecule has 0 atom stereocenters. The minimum absolute atomic E-state index is 0.0330. The number of hydrogen-bond donors (Lipinski definition) is 1. The van der Waals surface area contributed by atoms with E-state index >= 15 is 0 Å². The number of carbonyl (C=O) groups is 1. The van der Waals surface area contributed by atoms with E-state index in [4.69, 9.17) is 4.52 Å². The molecule has 0 unspecified atom stereocenters. The zero-order chi connectivity index (χ0) is 13.8. The van der Waals surface area contributed by atoms with Crippen molar-refractivity contribution in [3.8, 4) is 0 Å². The monoisotopic (exact) mass is 270 g/mol. The summed E-state index contributed by atoms with van der Waals surface area (Å²) in [5.74, 6) is 3.27. The number of hydrogen-bond acceptors (Lipinski definition) is 4. The van der Waals surface area contributed by atoms with E-state index in [1.54, 1.807) is 17.8 Å². The fraction of sp³-hybridized carbons (Fsp3) is 0.692. The number of aromatic nitrogens is 1. The predicted octanol–water partition coefficient (Wildman–Crippen LogP) is 3.30. The third-order valence-corrected chi connectivity index (χ3v) is 3.57. The Hall–Kier alpha value is -0.970. The van der Waals surface area contributed by atoms with Gasteiger partial charge in [0.15, 0.2) is 5.82 Å². The Kier molecular flexibility index (Phi) is 5.26. The largest absolute Gasteiger partial charge is 0.359 e. The van der Waals surface area contributed by atoms with Crippen LogP contribution in [0.15, 0.2) is 10.6 Å². The van der Waals surface area contributed by atoms with Gasteiger partial charge in [-0.15, -0.1) is 0 Å². The van der Waals surface area contributed by atoms with Crippen LogP contribution in [0.1, 0.15) is 40.4 Å². The molecule has 0 aliphatic carbocycles. The van der Waals surface area contributed by atoms with Crippen molar-refractivity contribution >= 4 is 23.5 Å². The summed E-state index contributed by atoms with van der Waals surface area (Å²) in [6.07, 6.45) is 0.